The summed E-state index contributed by atoms with van der Waals surface area (Å²) in [5.41, 5.74) is 2.63. The molecule has 0 aromatic heterocycles. The number of halogens is 3. The van der Waals surface area contributed by atoms with Crippen LogP contribution < -0.4 is 14.8 Å². The maximum atomic E-state index is 13.7. The lowest BCUT2D eigenvalue weighted by atomic mass is 10.1. The summed E-state index contributed by atoms with van der Waals surface area (Å²) in [5.74, 6) is 0.887. The fourth-order valence-corrected chi connectivity index (χ4v) is 3.32. The molecule has 3 rings (SSSR count). The van der Waals surface area contributed by atoms with Crippen molar-refractivity contribution >= 4 is 23.2 Å². The van der Waals surface area contributed by atoms with Crippen molar-refractivity contribution < 1.29 is 13.9 Å². The summed E-state index contributed by atoms with van der Waals surface area (Å²) in [6, 6.07) is 18.0. The first-order chi connectivity index (χ1) is 14.1. The summed E-state index contributed by atoms with van der Waals surface area (Å²) in [4.78, 5) is 0. The van der Waals surface area contributed by atoms with E-state index in [1.807, 2.05) is 42.5 Å². The molecule has 0 radical (unpaired) electrons. The highest BCUT2D eigenvalue weighted by Crippen LogP contribution is 2.37. The van der Waals surface area contributed by atoms with Crippen molar-refractivity contribution in [2.24, 2.45) is 0 Å². The van der Waals surface area contributed by atoms with Gasteiger partial charge in [-0.2, -0.15) is 0 Å². The van der Waals surface area contributed by atoms with Crippen molar-refractivity contribution in [1.29, 1.82) is 0 Å². The largest absolute Gasteiger partial charge is 0.493 e. The second-order valence-electron chi connectivity index (χ2n) is 6.54. The van der Waals surface area contributed by atoms with Gasteiger partial charge < -0.3 is 14.8 Å². The van der Waals surface area contributed by atoms with Gasteiger partial charge >= 0.3 is 0 Å². The normalized spacial score (nSPS) is 10.8. The summed E-state index contributed by atoms with van der Waals surface area (Å²) in [6.45, 7) is 1.59. The Bertz CT molecular complexity index is 948. The Morgan fingerprint density at radius 2 is 1.72 bits per heavy atom. The zero-order valence-electron chi connectivity index (χ0n) is 16.1. The summed E-state index contributed by atoms with van der Waals surface area (Å²) >= 11 is 12.3. The van der Waals surface area contributed by atoms with E-state index in [0.717, 1.165) is 11.1 Å². The third-order valence-electron chi connectivity index (χ3n) is 4.44. The monoisotopic (exact) mass is 433 g/mol. The molecule has 0 unspecified atom stereocenters. The van der Waals surface area contributed by atoms with E-state index in [0.29, 0.717) is 53.2 Å². The van der Waals surface area contributed by atoms with E-state index in [1.54, 1.807) is 19.2 Å². The van der Waals surface area contributed by atoms with Crippen LogP contribution in [-0.2, 0) is 19.6 Å². The van der Waals surface area contributed by atoms with E-state index >= 15 is 0 Å². The number of nitrogens with one attached hydrogen (secondary N) is 1. The van der Waals surface area contributed by atoms with Crippen molar-refractivity contribution in [3.8, 4) is 11.5 Å². The summed E-state index contributed by atoms with van der Waals surface area (Å²) in [6.07, 6.45) is 0.611. The van der Waals surface area contributed by atoms with Crippen LogP contribution in [-0.4, -0.2) is 13.7 Å². The number of hydrogen-bond donors (Lipinski definition) is 1. The Balaban J connectivity index is 1.58. The van der Waals surface area contributed by atoms with Crippen LogP contribution in [0.2, 0.25) is 10.0 Å². The van der Waals surface area contributed by atoms with Crippen molar-refractivity contribution in [3.63, 3.8) is 0 Å². The molecule has 0 aliphatic carbocycles. The van der Waals surface area contributed by atoms with Gasteiger partial charge in [0.2, 0.25) is 0 Å². The second-order valence-corrected chi connectivity index (χ2v) is 7.39. The van der Waals surface area contributed by atoms with E-state index in [9.17, 15) is 4.39 Å². The van der Waals surface area contributed by atoms with Crippen molar-refractivity contribution in [2.45, 2.75) is 19.6 Å². The Hall–Kier alpha value is -2.27. The molecule has 0 bridgehead atoms. The molecule has 0 spiro atoms. The molecule has 0 aliphatic rings. The van der Waals surface area contributed by atoms with E-state index < -0.39 is 0 Å². The average Bonchev–Trinajstić information content (AvgIpc) is 2.72. The lowest BCUT2D eigenvalue weighted by Gasteiger charge is -2.15. The van der Waals surface area contributed by atoms with E-state index in [4.69, 9.17) is 32.7 Å². The Labute approximate surface area is 180 Å². The standard InChI is InChI=1S/C23H22Cl2FNO2/c1-28-22-13-17(14-27-11-10-18-4-2-3-5-21(18)26)12-20(25)23(22)29-15-16-6-8-19(24)9-7-16/h2-9,12-13,27H,10-11,14-15H2,1H3. The van der Waals surface area contributed by atoms with Crippen molar-refractivity contribution in [1.82, 2.24) is 5.32 Å². The van der Waals surface area contributed by atoms with Gasteiger partial charge in [0, 0.05) is 11.6 Å². The maximum absolute atomic E-state index is 13.7. The van der Waals surface area contributed by atoms with Gasteiger partial charge in [0.05, 0.1) is 12.1 Å². The summed E-state index contributed by atoms with van der Waals surface area (Å²) < 4.78 is 25.0. The smallest absolute Gasteiger partial charge is 0.180 e. The first kappa shape index (κ1) is 21.4. The number of methoxy groups -OCH3 is 1. The van der Waals surface area contributed by atoms with Crippen LogP contribution in [0.15, 0.2) is 60.7 Å². The summed E-state index contributed by atoms with van der Waals surface area (Å²) in [7, 11) is 1.58. The van der Waals surface area contributed by atoms with E-state index in [1.165, 1.54) is 6.07 Å². The molecule has 6 heteroatoms. The van der Waals surface area contributed by atoms with Gasteiger partial charge in [0.25, 0.3) is 0 Å². The van der Waals surface area contributed by atoms with Crippen molar-refractivity contribution in [3.05, 3.63) is 93.2 Å². The van der Waals surface area contributed by atoms with Gasteiger partial charge in [0.1, 0.15) is 12.4 Å². The molecule has 0 aliphatic heterocycles. The molecule has 0 saturated carbocycles. The fraction of sp³-hybridized carbons (Fsp3) is 0.217. The first-order valence-corrected chi connectivity index (χ1v) is 10.00. The molecule has 1 N–H and O–H groups in total. The number of hydrogen-bond acceptors (Lipinski definition) is 3. The van der Waals surface area contributed by atoms with Crippen LogP contribution in [0, 0.1) is 5.82 Å². The number of ether oxygens (including phenoxy) is 2. The van der Waals surface area contributed by atoms with Crippen LogP contribution in [0.1, 0.15) is 16.7 Å². The van der Waals surface area contributed by atoms with Crippen LogP contribution in [0.5, 0.6) is 11.5 Å². The Kier molecular flexibility index (Phi) is 7.76. The van der Waals surface area contributed by atoms with Gasteiger partial charge in [-0.3, -0.25) is 0 Å². The lowest BCUT2D eigenvalue weighted by molar-refractivity contribution is 0.284. The third-order valence-corrected chi connectivity index (χ3v) is 4.98. The van der Waals surface area contributed by atoms with E-state index in [-0.39, 0.29) is 5.82 Å². The molecule has 0 saturated heterocycles. The van der Waals surface area contributed by atoms with Crippen LogP contribution >= 0.6 is 23.2 Å². The minimum atomic E-state index is -0.179. The van der Waals surface area contributed by atoms with Gasteiger partial charge in [-0.15, -0.1) is 0 Å². The highest BCUT2D eigenvalue weighted by molar-refractivity contribution is 6.32. The molecule has 152 valence electrons. The highest BCUT2D eigenvalue weighted by atomic mass is 35.5. The zero-order valence-corrected chi connectivity index (χ0v) is 17.6. The molecule has 3 aromatic rings. The topological polar surface area (TPSA) is 30.5 Å². The molecule has 3 nitrogen and oxygen atoms in total. The SMILES string of the molecule is COc1cc(CNCCc2ccccc2F)cc(Cl)c1OCc1ccc(Cl)cc1. The van der Waals surface area contributed by atoms with Crippen LogP contribution in [0.4, 0.5) is 4.39 Å². The minimum Gasteiger partial charge on any atom is -0.493 e. The second kappa shape index (κ2) is 10.5. The minimum absolute atomic E-state index is 0.179. The maximum Gasteiger partial charge on any atom is 0.180 e. The first-order valence-electron chi connectivity index (χ1n) is 9.24. The van der Waals surface area contributed by atoms with Crippen LogP contribution in [0.3, 0.4) is 0 Å². The van der Waals surface area contributed by atoms with Crippen molar-refractivity contribution in [2.75, 3.05) is 13.7 Å². The number of benzene rings is 3. The Morgan fingerprint density at radius 3 is 2.45 bits per heavy atom. The number of rotatable bonds is 9. The molecule has 0 amide bonds. The molecule has 29 heavy (non-hydrogen) atoms. The fourth-order valence-electron chi connectivity index (χ4n) is 2.91. The molecular weight excluding hydrogens is 412 g/mol. The molecule has 0 fully saturated rings. The molecule has 3 aromatic carbocycles. The third kappa shape index (κ3) is 6.10. The summed E-state index contributed by atoms with van der Waals surface area (Å²) in [5, 5.41) is 4.46. The van der Waals surface area contributed by atoms with Gasteiger partial charge in [-0.1, -0.05) is 53.5 Å². The van der Waals surface area contributed by atoms with Gasteiger partial charge in [0.15, 0.2) is 11.5 Å². The predicted octanol–water partition coefficient (Wildman–Crippen LogP) is 6.05. The predicted molar refractivity (Wildman–Crippen MR) is 116 cm³/mol. The van der Waals surface area contributed by atoms with Gasteiger partial charge in [-0.05, 0) is 60.0 Å². The highest BCUT2D eigenvalue weighted by Gasteiger charge is 2.12. The average molecular weight is 434 g/mol. The van der Waals surface area contributed by atoms with E-state index in [2.05, 4.69) is 5.32 Å². The molecule has 0 heterocycles. The quantitative estimate of drug-likeness (QED) is 0.416. The Morgan fingerprint density at radius 1 is 0.966 bits per heavy atom. The van der Waals surface area contributed by atoms with Gasteiger partial charge in [-0.25, -0.2) is 4.39 Å². The molecule has 0 atom stereocenters. The van der Waals surface area contributed by atoms with Crippen LogP contribution in [0.25, 0.3) is 0 Å². The molecular formula is C23H22Cl2FNO2. The zero-order chi connectivity index (χ0) is 20.6. The lowest BCUT2D eigenvalue weighted by Crippen LogP contribution is -2.17.